The Bertz CT molecular complexity index is 3410. The average molecular weight is 936 g/mol. The summed E-state index contributed by atoms with van der Waals surface area (Å²) in [5.74, 6) is 0.308. The van der Waals surface area contributed by atoms with Gasteiger partial charge in [0.1, 0.15) is 5.42 Å². The summed E-state index contributed by atoms with van der Waals surface area (Å²) >= 11 is 0. The molecule has 3 heterocycles. The van der Waals surface area contributed by atoms with Crippen LogP contribution in [-0.4, -0.2) is 6.71 Å². The fourth-order valence-electron chi connectivity index (χ4n) is 11.2. The van der Waals surface area contributed by atoms with Crippen molar-refractivity contribution < 1.29 is 4.42 Å². The number of hydrogen-bond acceptors (Lipinski definition) is 4. The third-order valence-electron chi connectivity index (χ3n) is 14.8. The zero-order chi connectivity index (χ0) is 50.9. The fraction of sp³-hybridized carbons (Fsp3) is 0.303. The number of anilines is 9. The fourth-order valence-corrected chi connectivity index (χ4v) is 11.2. The van der Waals surface area contributed by atoms with Crippen LogP contribution in [0, 0.1) is 5.92 Å². The Kier molecular flexibility index (Phi) is 12.8. The first kappa shape index (κ1) is 49.3. The third-order valence-corrected chi connectivity index (χ3v) is 14.8. The Morgan fingerprint density at radius 2 is 1.07 bits per heavy atom. The molecule has 8 aromatic rings. The van der Waals surface area contributed by atoms with E-state index in [4.69, 9.17) is 4.42 Å². The Hall–Kier alpha value is -6.72. The number of nitrogens with zero attached hydrogens (tertiary/aromatic N) is 3. The highest BCUT2D eigenvalue weighted by Crippen LogP contribution is 2.53. The SMILES string of the molecule is C=c1/c(=C(\C)C(C)C)oc2c(N(c3ccccc3)c3cc4c5c(c3)N(c3ccccc3C(C)(C)C)c3c(cccc3C(C)(C)C)B5c3cccc(CC)c3N4c3ccccc3C(C)(C)C)cccc12.CC. The summed E-state index contributed by atoms with van der Waals surface area (Å²) in [6, 6.07) is 54.7. The number of fused-ring (bicyclic) bond motifs is 5. The molecule has 0 amide bonds. The van der Waals surface area contributed by atoms with E-state index in [2.05, 4.69) is 257 Å². The zero-order valence-electron chi connectivity index (χ0n) is 45.2. The van der Waals surface area contributed by atoms with E-state index in [0.717, 1.165) is 45.1 Å². The second kappa shape index (κ2) is 18.5. The van der Waals surface area contributed by atoms with Crippen LogP contribution in [-0.2, 0) is 22.7 Å². The van der Waals surface area contributed by atoms with E-state index >= 15 is 0 Å². The van der Waals surface area contributed by atoms with Gasteiger partial charge >= 0.3 is 0 Å². The van der Waals surface area contributed by atoms with Crippen LogP contribution in [0.3, 0.4) is 0 Å². The van der Waals surface area contributed by atoms with E-state index in [1.165, 1.54) is 78.3 Å². The van der Waals surface area contributed by atoms with E-state index in [-0.39, 0.29) is 23.0 Å². The van der Waals surface area contributed by atoms with Gasteiger partial charge in [-0.05, 0) is 122 Å². The van der Waals surface area contributed by atoms with Crippen molar-refractivity contribution in [3.63, 3.8) is 0 Å². The first-order chi connectivity index (χ1) is 33.8. The normalized spacial score (nSPS) is 13.7. The molecular formula is C66H74BN3O. The number of aryl methyl sites for hydroxylation is 1. The molecule has 71 heavy (non-hydrogen) atoms. The van der Waals surface area contributed by atoms with Crippen LogP contribution in [0.4, 0.5) is 51.2 Å². The topological polar surface area (TPSA) is 22.9 Å². The Balaban J connectivity index is 0.00000308. The maximum atomic E-state index is 7.08. The molecule has 0 unspecified atom stereocenters. The molecule has 10 rings (SSSR count). The van der Waals surface area contributed by atoms with Crippen LogP contribution < -0.4 is 41.7 Å². The Morgan fingerprint density at radius 1 is 0.577 bits per heavy atom. The van der Waals surface area contributed by atoms with Crippen molar-refractivity contribution in [3.8, 4) is 0 Å². The third kappa shape index (κ3) is 8.29. The van der Waals surface area contributed by atoms with Gasteiger partial charge in [0, 0.05) is 50.4 Å². The number of rotatable bonds is 7. The van der Waals surface area contributed by atoms with Gasteiger partial charge in [-0.15, -0.1) is 0 Å². The molecule has 0 aliphatic carbocycles. The van der Waals surface area contributed by atoms with Crippen LogP contribution in [0.15, 0.2) is 150 Å². The predicted molar refractivity (Wildman–Crippen MR) is 310 cm³/mol. The molecular weight excluding hydrogens is 862 g/mol. The number of furan rings is 1. The van der Waals surface area contributed by atoms with Gasteiger partial charge < -0.3 is 19.1 Å². The molecule has 0 fully saturated rings. The quantitative estimate of drug-likeness (QED) is 0.149. The van der Waals surface area contributed by atoms with E-state index in [9.17, 15) is 0 Å². The van der Waals surface area contributed by atoms with Crippen molar-refractivity contribution in [2.45, 2.75) is 127 Å². The van der Waals surface area contributed by atoms with Crippen LogP contribution in [0.5, 0.6) is 0 Å². The summed E-state index contributed by atoms with van der Waals surface area (Å²) in [5.41, 5.74) is 22.0. The summed E-state index contributed by atoms with van der Waals surface area (Å²) in [6.07, 6.45) is 0.894. The van der Waals surface area contributed by atoms with E-state index in [1.54, 1.807) is 0 Å². The van der Waals surface area contributed by atoms with Gasteiger partial charge in [0.15, 0.2) is 5.58 Å². The van der Waals surface area contributed by atoms with Crippen molar-refractivity contribution in [1.82, 2.24) is 0 Å². The maximum absolute atomic E-state index is 7.08. The molecule has 362 valence electrons. The van der Waals surface area contributed by atoms with Gasteiger partial charge in [-0.3, -0.25) is 0 Å². The Labute approximate surface area is 425 Å². The standard InChI is InChI=1S/C64H68BN3O.C2H6/c1-15-43-26-23-33-50-58(43)67(52-35-21-19-30-47(52)62(6,7)8)55-38-45(66(44-27-17-16-18-28-44)54-37-24-29-46-42(5)60(69-61(46)54)41(4)40(2)3)39-56-57(55)65(50)51-34-25-32-49(64(12,13)14)59(51)68(56)53-36-22-20-31-48(53)63(9,10)11;1-2/h16-40H,5,15H2,1-4,6-14H3;1-2H3/b60-41-;. The minimum absolute atomic E-state index is 0.0385. The second-order valence-corrected chi connectivity index (χ2v) is 22.8. The highest BCUT2D eigenvalue weighted by atomic mass is 16.3. The smallest absolute Gasteiger partial charge is 0.252 e. The first-order valence-corrected chi connectivity index (χ1v) is 26.1. The minimum Gasteiger partial charge on any atom is -0.454 e. The first-order valence-electron chi connectivity index (χ1n) is 26.1. The summed E-state index contributed by atoms with van der Waals surface area (Å²) in [7, 11) is 0. The molecule has 7 aromatic carbocycles. The van der Waals surface area contributed by atoms with Crippen LogP contribution in [0.25, 0.3) is 23.1 Å². The summed E-state index contributed by atoms with van der Waals surface area (Å²) in [4.78, 5) is 7.73. The van der Waals surface area contributed by atoms with Crippen molar-refractivity contribution >= 4 is 97.4 Å². The van der Waals surface area contributed by atoms with E-state index in [0.29, 0.717) is 5.92 Å². The monoisotopic (exact) mass is 936 g/mol. The van der Waals surface area contributed by atoms with Gasteiger partial charge in [0.2, 0.25) is 0 Å². The molecule has 4 nitrogen and oxygen atoms in total. The summed E-state index contributed by atoms with van der Waals surface area (Å²) in [6.45, 7) is 38.7. The minimum atomic E-state index is -0.168. The molecule has 5 heteroatoms. The average Bonchev–Trinajstić information content (AvgIpc) is 3.69. The van der Waals surface area contributed by atoms with Crippen molar-refractivity contribution in [3.05, 3.63) is 178 Å². The molecule has 0 spiro atoms. The molecule has 2 aliphatic heterocycles. The lowest BCUT2D eigenvalue weighted by atomic mass is 9.33. The number of para-hydroxylation sites is 6. The van der Waals surface area contributed by atoms with Crippen molar-refractivity contribution in [2.75, 3.05) is 14.7 Å². The maximum Gasteiger partial charge on any atom is 0.252 e. The van der Waals surface area contributed by atoms with Gasteiger partial charge in [-0.2, -0.15) is 0 Å². The van der Waals surface area contributed by atoms with Gasteiger partial charge in [0.05, 0.1) is 11.4 Å². The van der Waals surface area contributed by atoms with Crippen LogP contribution in [0.2, 0.25) is 0 Å². The highest BCUT2D eigenvalue weighted by molar-refractivity contribution is 7.00. The molecule has 0 radical (unpaired) electrons. The summed E-state index contributed by atoms with van der Waals surface area (Å²) in [5, 5.41) is 1.95. The lowest BCUT2D eigenvalue weighted by molar-refractivity contribution is 0.564. The van der Waals surface area contributed by atoms with Gasteiger partial charge in [-0.25, -0.2) is 0 Å². The molecule has 0 saturated carbocycles. The van der Waals surface area contributed by atoms with Gasteiger partial charge in [0.25, 0.3) is 6.71 Å². The molecule has 0 atom stereocenters. The lowest BCUT2D eigenvalue weighted by Crippen LogP contribution is -2.62. The van der Waals surface area contributed by atoms with E-state index in [1.807, 2.05) is 13.8 Å². The van der Waals surface area contributed by atoms with Crippen molar-refractivity contribution in [1.29, 1.82) is 0 Å². The number of benzene rings is 7. The van der Waals surface area contributed by atoms with Crippen LogP contribution >= 0.6 is 0 Å². The molecule has 0 saturated heterocycles. The van der Waals surface area contributed by atoms with Crippen LogP contribution in [0.1, 0.15) is 126 Å². The zero-order valence-corrected chi connectivity index (χ0v) is 45.2. The molecule has 0 bridgehead atoms. The Morgan fingerprint density at radius 3 is 1.62 bits per heavy atom. The molecule has 1 aromatic heterocycles. The lowest BCUT2D eigenvalue weighted by Gasteiger charge is -2.48. The summed E-state index contributed by atoms with van der Waals surface area (Å²) < 4.78 is 7.08. The number of hydrogen-bond donors (Lipinski definition) is 0. The van der Waals surface area contributed by atoms with Crippen molar-refractivity contribution in [2.24, 2.45) is 5.92 Å². The molecule has 2 aliphatic rings. The highest BCUT2D eigenvalue weighted by Gasteiger charge is 2.47. The van der Waals surface area contributed by atoms with Gasteiger partial charge in [-0.1, -0.05) is 207 Å². The van der Waals surface area contributed by atoms with E-state index < -0.39 is 0 Å². The largest absolute Gasteiger partial charge is 0.454 e. The predicted octanol–water partition coefficient (Wildman–Crippen LogP) is 15.7. The molecule has 0 N–H and O–H groups in total. The second-order valence-electron chi connectivity index (χ2n) is 22.8.